The van der Waals surface area contributed by atoms with E-state index in [9.17, 15) is 18.0 Å². The van der Waals surface area contributed by atoms with Crippen molar-refractivity contribution in [3.63, 3.8) is 0 Å². The third-order valence-corrected chi connectivity index (χ3v) is 5.11. The molecule has 1 heterocycles. The normalized spacial score (nSPS) is 20.6. The molecule has 1 saturated heterocycles. The largest absolute Gasteiger partial charge is 0.481 e. The summed E-state index contributed by atoms with van der Waals surface area (Å²) in [6.07, 6.45) is -1.73. The molecule has 0 radical (unpaired) electrons. The molecular weight excluding hydrogens is 371 g/mol. The lowest BCUT2D eigenvalue weighted by Crippen LogP contribution is -2.39. The van der Waals surface area contributed by atoms with Crippen LogP contribution in [0.15, 0.2) is 24.3 Å². The Morgan fingerprint density at radius 1 is 1.25 bits per heavy atom. The van der Waals surface area contributed by atoms with Crippen molar-refractivity contribution in [2.24, 2.45) is 11.8 Å². The molecule has 0 aliphatic carbocycles. The number of hydrogen-bond donors (Lipinski definition) is 2. The first-order chi connectivity index (χ1) is 13.1. The van der Waals surface area contributed by atoms with Crippen LogP contribution < -0.4 is 0 Å². The van der Waals surface area contributed by atoms with Crippen molar-refractivity contribution >= 4 is 5.97 Å². The van der Waals surface area contributed by atoms with Crippen LogP contribution in [0.25, 0.3) is 0 Å². The number of alkyl halides is 3. The van der Waals surface area contributed by atoms with E-state index < -0.39 is 17.7 Å². The number of β-amino-alcohol motifs (C(OH)–C–C–N with tert-alkyl or cyclic N) is 1. The van der Waals surface area contributed by atoms with Crippen molar-refractivity contribution in [2.45, 2.75) is 58.7 Å². The quantitative estimate of drug-likeness (QED) is 0.703. The highest BCUT2D eigenvalue weighted by Crippen LogP contribution is 2.37. The summed E-state index contributed by atoms with van der Waals surface area (Å²) in [7, 11) is 0. The standard InChI is InChI=1S/C16H20F3NO3.C5H12/c17-16(18,19)13-3-1-12(2-4-13)14-9-11(10-15(22)23)5-6-20(14)7-8-21;1-4-5(2)3/h1-4,11,14,21H,5-10H2,(H,22,23);5H,4H2,1-3H3/t11-,14+;/m1./s1. The molecule has 0 bridgehead atoms. The van der Waals surface area contributed by atoms with Gasteiger partial charge in [-0.1, -0.05) is 39.3 Å². The van der Waals surface area contributed by atoms with Crippen molar-refractivity contribution in [3.05, 3.63) is 35.4 Å². The van der Waals surface area contributed by atoms with Crippen LogP contribution >= 0.6 is 0 Å². The molecule has 2 atom stereocenters. The van der Waals surface area contributed by atoms with Crippen LogP contribution in [0, 0.1) is 11.8 Å². The van der Waals surface area contributed by atoms with Crippen molar-refractivity contribution < 1.29 is 28.2 Å². The molecule has 0 unspecified atom stereocenters. The number of carboxylic acid groups (broad SMARTS) is 1. The summed E-state index contributed by atoms with van der Waals surface area (Å²) < 4.78 is 38.0. The highest BCUT2D eigenvalue weighted by Gasteiger charge is 2.33. The minimum absolute atomic E-state index is 0.00487. The lowest BCUT2D eigenvalue weighted by atomic mass is 9.85. The van der Waals surface area contributed by atoms with E-state index in [1.165, 1.54) is 18.6 Å². The molecule has 0 amide bonds. The maximum atomic E-state index is 12.7. The highest BCUT2D eigenvalue weighted by molar-refractivity contribution is 5.67. The fraction of sp³-hybridized carbons (Fsp3) is 0.667. The van der Waals surface area contributed by atoms with E-state index in [4.69, 9.17) is 10.2 Å². The van der Waals surface area contributed by atoms with Crippen molar-refractivity contribution in [1.29, 1.82) is 0 Å². The third-order valence-electron chi connectivity index (χ3n) is 5.11. The molecule has 1 aromatic rings. The minimum Gasteiger partial charge on any atom is -0.481 e. The highest BCUT2D eigenvalue weighted by atomic mass is 19.4. The summed E-state index contributed by atoms with van der Waals surface area (Å²) in [5, 5.41) is 18.1. The fourth-order valence-electron chi connectivity index (χ4n) is 3.16. The molecular formula is C21H32F3NO3. The number of piperidine rings is 1. The van der Waals surface area contributed by atoms with Crippen molar-refractivity contribution in [2.75, 3.05) is 19.7 Å². The number of halogens is 3. The number of hydrogen-bond acceptors (Lipinski definition) is 3. The van der Waals surface area contributed by atoms with E-state index in [-0.39, 0.29) is 25.0 Å². The van der Waals surface area contributed by atoms with E-state index in [0.717, 1.165) is 23.6 Å². The Hall–Kier alpha value is -1.60. The number of carbonyl (C=O) groups is 1. The summed E-state index contributed by atoms with van der Waals surface area (Å²) in [6, 6.07) is 4.82. The van der Waals surface area contributed by atoms with Gasteiger partial charge in [0.15, 0.2) is 0 Å². The van der Waals surface area contributed by atoms with Gasteiger partial charge in [-0.15, -0.1) is 0 Å². The maximum Gasteiger partial charge on any atom is 0.416 e. The van der Waals surface area contributed by atoms with Crippen LogP contribution in [0.3, 0.4) is 0 Å². The predicted octanol–water partition coefficient (Wildman–Crippen LogP) is 4.98. The minimum atomic E-state index is -4.37. The van der Waals surface area contributed by atoms with Crippen LogP contribution in [0.2, 0.25) is 0 Å². The number of aliphatic hydroxyl groups excluding tert-OH is 1. The maximum absolute atomic E-state index is 12.7. The zero-order valence-corrected chi connectivity index (χ0v) is 16.9. The van der Waals surface area contributed by atoms with Crippen molar-refractivity contribution in [3.8, 4) is 0 Å². The third kappa shape index (κ3) is 8.19. The van der Waals surface area contributed by atoms with E-state index in [0.29, 0.717) is 25.9 Å². The average Bonchev–Trinajstić information content (AvgIpc) is 2.62. The number of carboxylic acids is 1. The van der Waals surface area contributed by atoms with Gasteiger partial charge in [-0.25, -0.2) is 0 Å². The van der Waals surface area contributed by atoms with Gasteiger partial charge in [-0.3, -0.25) is 9.69 Å². The van der Waals surface area contributed by atoms with E-state index in [1.54, 1.807) is 0 Å². The Kier molecular flexibility index (Phi) is 9.96. The average molecular weight is 403 g/mol. The molecule has 2 rings (SSSR count). The first-order valence-corrected chi connectivity index (χ1v) is 9.82. The molecule has 0 saturated carbocycles. The van der Waals surface area contributed by atoms with Gasteiger partial charge in [0.05, 0.1) is 12.2 Å². The second-order valence-corrected chi connectivity index (χ2v) is 7.69. The number of rotatable bonds is 6. The van der Waals surface area contributed by atoms with E-state index in [2.05, 4.69) is 20.8 Å². The first kappa shape index (κ1) is 24.4. The summed E-state index contributed by atoms with van der Waals surface area (Å²) in [4.78, 5) is 12.9. The van der Waals surface area contributed by atoms with Gasteiger partial charge in [0.25, 0.3) is 0 Å². The van der Waals surface area contributed by atoms with Crippen LogP contribution in [0.1, 0.15) is 63.6 Å². The van der Waals surface area contributed by atoms with Gasteiger partial charge in [-0.2, -0.15) is 13.2 Å². The molecule has 0 spiro atoms. The smallest absolute Gasteiger partial charge is 0.416 e. The zero-order chi connectivity index (χ0) is 21.3. The topological polar surface area (TPSA) is 60.8 Å². The van der Waals surface area contributed by atoms with Gasteiger partial charge in [-0.05, 0) is 48.9 Å². The van der Waals surface area contributed by atoms with Crippen LogP contribution in [-0.2, 0) is 11.0 Å². The van der Waals surface area contributed by atoms with E-state index in [1.807, 2.05) is 4.90 Å². The summed E-state index contributed by atoms with van der Waals surface area (Å²) in [5.74, 6) is 0.0153. The van der Waals surface area contributed by atoms with Gasteiger partial charge in [0, 0.05) is 19.0 Å². The fourth-order valence-corrected chi connectivity index (χ4v) is 3.16. The Labute approximate surface area is 165 Å². The summed E-state index contributed by atoms with van der Waals surface area (Å²) >= 11 is 0. The van der Waals surface area contributed by atoms with Crippen LogP contribution in [0.4, 0.5) is 13.2 Å². The summed E-state index contributed by atoms with van der Waals surface area (Å²) in [5.41, 5.74) is 0.0226. The molecule has 7 heteroatoms. The van der Waals surface area contributed by atoms with Gasteiger partial charge in [0.1, 0.15) is 0 Å². The first-order valence-electron chi connectivity index (χ1n) is 9.82. The number of nitrogens with zero attached hydrogens (tertiary/aromatic N) is 1. The second kappa shape index (κ2) is 11.4. The Bertz CT molecular complexity index is 588. The molecule has 4 nitrogen and oxygen atoms in total. The molecule has 1 aromatic carbocycles. The number of likely N-dealkylation sites (tertiary alicyclic amines) is 1. The van der Waals surface area contributed by atoms with Crippen LogP contribution in [0.5, 0.6) is 0 Å². The monoisotopic (exact) mass is 403 g/mol. The lowest BCUT2D eigenvalue weighted by Gasteiger charge is -2.39. The molecule has 2 N–H and O–H groups in total. The lowest BCUT2D eigenvalue weighted by molar-refractivity contribution is -0.139. The Morgan fingerprint density at radius 2 is 1.82 bits per heavy atom. The van der Waals surface area contributed by atoms with E-state index >= 15 is 0 Å². The predicted molar refractivity (Wildman–Crippen MR) is 103 cm³/mol. The number of aliphatic hydroxyl groups is 1. The molecule has 0 aromatic heterocycles. The number of aliphatic carboxylic acids is 1. The molecule has 160 valence electrons. The second-order valence-electron chi connectivity index (χ2n) is 7.69. The zero-order valence-electron chi connectivity index (χ0n) is 16.9. The van der Waals surface area contributed by atoms with Gasteiger partial charge in [0.2, 0.25) is 0 Å². The molecule has 1 fully saturated rings. The Balaban J connectivity index is 0.000000696. The number of benzene rings is 1. The van der Waals surface area contributed by atoms with Crippen molar-refractivity contribution in [1.82, 2.24) is 4.90 Å². The Morgan fingerprint density at radius 3 is 2.25 bits per heavy atom. The SMILES string of the molecule is CCC(C)C.O=C(O)C[C@@H]1CCN(CCO)[C@H](c2ccc(C(F)(F)F)cc2)C1. The van der Waals surface area contributed by atoms with Crippen LogP contribution in [-0.4, -0.2) is 40.8 Å². The molecule has 1 aliphatic rings. The molecule has 28 heavy (non-hydrogen) atoms. The molecule has 1 aliphatic heterocycles. The van der Waals surface area contributed by atoms with Gasteiger partial charge < -0.3 is 10.2 Å². The summed E-state index contributed by atoms with van der Waals surface area (Å²) in [6.45, 7) is 7.65. The van der Waals surface area contributed by atoms with Gasteiger partial charge >= 0.3 is 12.1 Å².